The average Bonchev–Trinajstić information content (AvgIpc) is 2.66. The molecule has 0 spiro atoms. The van der Waals surface area contributed by atoms with Gasteiger partial charge in [0.15, 0.2) is 8.32 Å². The molecule has 1 aliphatic rings. The van der Waals surface area contributed by atoms with Gasteiger partial charge in [-0.2, -0.15) is 5.26 Å². The quantitative estimate of drug-likeness (QED) is 0.631. The minimum atomic E-state index is -2.16. The summed E-state index contributed by atoms with van der Waals surface area (Å²) in [6.45, 7) is 12.1. The Hall–Kier alpha value is -1.39. The zero-order valence-electron chi connectivity index (χ0n) is 13.6. The summed E-state index contributed by atoms with van der Waals surface area (Å²) >= 11 is 0. The van der Waals surface area contributed by atoms with Gasteiger partial charge in [-0.05, 0) is 25.1 Å². The van der Waals surface area contributed by atoms with Gasteiger partial charge in [-0.15, -0.1) is 0 Å². The molecule has 0 saturated carbocycles. The summed E-state index contributed by atoms with van der Waals surface area (Å²) in [5.41, 5.74) is -1.62. The molecule has 1 aliphatic heterocycles. The van der Waals surface area contributed by atoms with Crippen molar-refractivity contribution < 1.29 is 18.8 Å². The van der Waals surface area contributed by atoms with Crippen molar-refractivity contribution in [3.63, 3.8) is 0 Å². The molecule has 0 aliphatic carbocycles. The highest BCUT2D eigenvalue weighted by Crippen LogP contribution is 2.39. The Balaban J connectivity index is 2.93. The molecule has 1 heterocycles. The summed E-state index contributed by atoms with van der Waals surface area (Å²) in [4.78, 5) is 24.0. The van der Waals surface area contributed by atoms with Gasteiger partial charge >= 0.3 is 5.97 Å². The van der Waals surface area contributed by atoms with E-state index in [1.165, 1.54) is 0 Å². The predicted octanol–water partition coefficient (Wildman–Crippen LogP) is 1.72. The van der Waals surface area contributed by atoms with Crippen LogP contribution >= 0.6 is 0 Å². The predicted molar refractivity (Wildman–Crippen MR) is 79.8 cm³/mol. The molecule has 21 heavy (non-hydrogen) atoms. The Morgan fingerprint density at radius 1 is 1.52 bits per heavy atom. The van der Waals surface area contributed by atoms with Crippen LogP contribution < -0.4 is 5.32 Å². The van der Waals surface area contributed by atoms with Crippen LogP contribution in [0.1, 0.15) is 34.1 Å². The number of nitrogens with zero attached hydrogens (tertiary/aromatic N) is 1. The summed E-state index contributed by atoms with van der Waals surface area (Å²) < 4.78 is 10.9. The molecule has 1 rings (SSSR count). The van der Waals surface area contributed by atoms with E-state index in [-0.39, 0.29) is 18.1 Å². The molecular weight excluding hydrogens is 288 g/mol. The van der Waals surface area contributed by atoms with E-state index in [0.717, 1.165) is 0 Å². The van der Waals surface area contributed by atoms with Crippen molar-refractivity contribution in [1.82, 2.24) is 5.32 Å². The Bertz CT molecular complexity index is 478. The summed E-state index contributed by atoms with van der Waals surface area (Å²) in [7, 11) is -2.16. The number of rotatable bonds is 4. The van der Waals surface area contributed by atoms with Gasteiger partial charge in [0.2, 0.25) is 11.4 Å². The van der Waals surface area contributed by atoms with Crippen molar-refractivity contribution in [2.75, 3.05) is 6.61 Å². The Morgan fingerprint density at radius 2 is 2.10 bits per heavy atom. The number of hydrogen-bond donors (Lipinski definition) is 1. The number of ether oxygens (including phenoxy) is 1. The maximum Gasteiger partial charge on any atom is 0.346 e. The SMILES string of the molecule is CCOC(=O)[C@]1(C#N)C[C@@H](O[Si](C)(C)C(C)(C)C)C(=O)N1. The molecule has 1 N–H and O–H groups in total. The first-order chi connectivity index (χ1) is 9.49. The van der Waals surface area contributed by atoms with Crippen LogP contribution in [0.15, 0.2) is 0 Å². The Kier molecular flexibility index (Phi) is 4.86. The lowest BCUT2D eigenvalue weighted by Crippen LogP contribution is -2.48. The topological polar surface area (TPSA) is 88.4 Å². The maximum atomic E-state index is 12.1. The molecule has 6 nitrogen and oxygen atoms in total. The van der Waals surface area contributed by atoms with Crippen molar-refractivity contribution in [3.05, 3.63) is 0 Å². The first kappa shape index (κ1) is 17.7. The number of amides is 1. The third-order valence-electron chi connectivity index (χ3n) is 4.18. The zero-order chi connectivity index (χ0) is 16.5. The minimum absolute atomic E-state index is 0.00627. The van der Waals surface area contributed by atoms with E-state index in [4.69, 9.17) is 9.16 Å². The highest BCUT2D eigenvalue weighted by atomic mass is 28.4. The van der Waals surface area contributed by atoms with Crippen LogP contribution in [-0.2, 0) is 18.8 Å². The summed E-state index contributed by atoms with van der Waals surface area (Å²) in [5.74, 6) is -1.14. The van der Waals surface area contributed by atoms with E-state index in [9.17, 15) is 14.9 Å². The van der Waals surface area contributed by atoms with E-state index in [1.807, 2.05) is 19.2 Å². The average molecular weight is 312 g/mol. The van der Waals surface area contributed by atoms with E-state index in [0.29, 0.717) is 0 Å². The fourth-order valence-electron chi connectivity index (χ4n) is 1.85. The normalized spacial score (nSPS) is 26.1. The molecule has 0 aromatic heterocycles. The molecule has 1 fully saturated rings. The summed E-state index contributed by atoms with van der Waals surface area (Å²) in [5, 5.41) is 11.7. The molecule has 0 aromatic carbocycles. The van der Waals surface area contributed by atoms with Crippen molar-refractivity contribution in [2.45, 2.75) is 63.9 Å². The van der Waals surface area contributed by atoms with Crippen LogP contribution in [0.5, 0.6) is 0 Å². The fourth-order valence-corrected chi connectivity index (χ4v) is 3.10. The van der Waals surface area contributed by atoms with Gasteiger partial charge in [0.05, 0.1) is 6.61 Å². The van der Waals surface area contributed by atoms with E-state index < -0.39 is 31.8 Å². The second-order valence-electron chi connectivity index (χ2n) is 6.80. The maximum absolute atomic E-state index is 12.1. The fraction of sp³-hybridized carbons (Fsp3) is 0.786. The van der Waals surface area contributed by atoms with Crippen LogP contribution in [0, 0.1) is 11.3 Å². The van der Waals surface area contributed by atoms with Gasteiger partial charge in [-0.25, -0.2) is 4.79 Å². The second kappa shape index (κ2) is 5.77. The van der Waals surface area contributed by atoms with Gasteiger partial charge in [0.1, 0.15) is 12.2 Å². The molecule has 0 bridgehead atoms. The van der Waals surface area contributed by atoms with Crippen LogP contribution in [0.2, 0.25) is 18.1 Å². The van der Waals surface area contributed by atoms with Crippen molar-refractivity contribution in [2.24, 2.45) is 0 Å². The first-order valence-corrected chi connectivity index (χ1v) is 9.98. The van der Waals surface area contributed by atoms with Crippen molar-refractivity contribution in [1.29, 1.82) is 5.26 Å². The Labute approximate surface area is 126 Å². The minimum Gasteiger partial charge on any atom is -0.463 e. The standard InChI is InChI=1S/C14H24N2O4Si/c1-7-19-12(18)14(9-15)8-10(11(17)16-14)20-21(5,6)13(2,3)4/h10H,7-8H2,1-6H3,(H,16,17)/t10-,14-/m1/s1. The molecule has 0 radical (unpaired) electrons. The smallest absolute Gasteiger partial charge is 0.346 e. The van der Waals surface area contributed by atoms with E-state index >= 15 is 0 Å². The highest BCUT2D eigenvalue weighted by Gasteiger charge is 2.54. The molecular formula is C14H24N2O4Si. The number of nitrogens with one attached hydrogen (secondary N) is 1. The first-order valence-electron chi connectivity index (χ1n) is 7.07. The van der Waals surface area contributed by atoms with Gasteiger partial charge in [0.25, 0.3) is 0 Å². The molecule has 0 aromatic rings. The molecule has 0 unspecified atom stereocenters. The Morgan fingerprint density at radius 3 is 2.52 bits per heavy atom. The van der Waals surface area contributed by atoms with Gasteiger partial charge in [-0.1, -0.05) is 20.8 Å². The van der Waals surface area contributed by atoms with Crippen LogP contribution in [0.4, 0.5) is 0 Å². The van der Waals surface area contributed by atoms with Gasteiger partial charge in [0, 0.05) is 6.42 Å². The zero-order valence-corrected chi connectivity index (χ0v) is 14.6. The van der Waals surface area contributed by atoms with Crippen LogP contribution in [-0.4, -0.2) is 38.4 Å². The number of carbonyl (C=O) groups excluding carboxylic acids is 2. The lowest BCUT2D eigenvalue weighted by atomic mass is 9.99. The summed E-state index contributed by atoms with van der Waals surface area (Å²) in [6, 6.07) is 1.88. The second-order valence-corrected chi connectivity index (χ2v) is 11.6. The monoisotopic (exact) mass is 312 g/mol. The largest absolute Gasteiger partial charge is 0.463 e. The molecule has 7 heteroatoms. The van der Waals surface area contributed by atoms with Crippen molar-refractivity contribution >= 4 is 20.2 Å². The van der Waals surface area contributed by atoms with Gasteiger partial charge < -0.3 is 14.5 Å². The van der Waals surface area contributed by atoms with Gasteiger partial charge in [-0.3, -0.25) is 4.79 Å². The third-order valence-corrected chi connectivity index (χ3v) is 8.66. The van der Waals surface area contributed by atoms with Crippen LogP contribution in [0.25, 0.3) is 0 Å². The number of nitriles is 1. The number of hydrogen-bond acceptors (Lipinski definition) is 5. The molecule has 2 atom stereocenters. The lowest BCUT2D eigenvalue weighted by molar-refractivity contribution is -0.148. The number of carbonyl (C=O) groups is 2. The number of esters is 1. The lowest BCUT2D eigenvalue weighted by Gasteiger charge is -2.37. The molecule has 1 saturated heterocycles. The third kappa shape index (κ3) is 3.44. The van der Waals surface area contributed by atoms with Crippen molar-refractivity contribution in [3.8, 4) is 6.07 Å². The molecule has 1 amide bonds. The highest BCUT2D eigenvalue weighted by molar-refractivity contribution is 6.74. The van der Waals surface area contributed by atoms with E-state index in [1.54, 1.807) is 6.92 Å². The summed E-state index contributed by atoms with van der Waals surface area (Å²) in [6.07, 6.45) is -0.789. The molecule has 118 valence electrons. The van der Waals surface area contributed by atoms with E-state index in [2.05, 4.69) is 26.1 Å². The van der Waals surface area contributed by atoms with Crippen LogP contribution in [0.3, 0.4) is 0 Å².